The Morgan fingerprint density at radius 1 is 1.26 bits per heavy atom. The summed E-state index contributed by atoms with van der Waals surface area (Å²) in [6, 6.07) is 9.91. The third kappa shape index (κ3) is 2.85. The highest BCUT2D eigenvalue weighted by Crippen LogP contribution is 2.32. The minimum atomic E-state index is -0.383. The van der Waals surface area contributed by atoms with E-state index < -0.39 is 0 Å². The van der Waals surface area contributed by atoms with Crippen molar-refractivity contribution in [2.45, 2.75) is 20.4 Å². The third-order valence-electron chi connectivity index (χ3n) is 4.59. The molecule has 0 spiro atoms. The smallest absolute Gasteiger partial charge is 0.358 e. The number of rotatable bonds is 5. The van der Waals surface area contributed by atoms with Gasteiger partial charge >= 0.3 is 5.82 Å². The molecule has 0 radical (unpaired) electrons. The predicted molar refractivity (Wildman–Crippen MR) is 105 cm³/mol. The first-order valence-electron chi connectivity index (χ1n) is 8.39. The molecule has 9 heteroatoms. The first-order valence-corrected chi connectivity index (χ1v) is 9.27. The lowest BCUT2D eigenvalue weighted by Crippen LogP contribution is -2.19. The van der Waals surface area contributed by atoms with Crippen molar-refractivity contribution in [3.63, 3.8) is 0 Å². The van der Waals surface area contributed by atoms with E-state index in [1.165, 1.54) is 15.7 Å². The number of hydrogen-bond acceptors (Lipinski definition) is 6. The van der Waals surface area contributed by atoms with E-state index in [0.717, 1.165) is 22.6 Å². The van der Waals surface area contributed by atoms with Crippen LogP contribution in [0.2, 0.25) is 0 Å². The molecule has 0 fully saturated rings. The molecule has 138 valence electrons. The lowest BCUT2D eigenvalue weighted by molar-refractivity contribution is -0.389. The van der Waals surface area contributed by atoms with Gasteiger partial charge in [0.15, 0.2) is 0 Å². The molecule has 0 saturated heterocycles. The van der Waals surface area contributed by atoms with Crippen LogP contribution in [0.5, 0.6) is 0 Å². The van der Waals surface area contributed by atoms with E-state index in [2.05, 4.69) is 10.1 Å². The van der Waals surface area contributed by atoms with Crippen molar-refractivity contribution in [2.24, 2.45) is 0 Å². The van der Waals surface area contributed by atoms with Gasteiger partial charge in [0.05, 0.1) is 11.4 Å². The molecule has 0 N–H and O–H groups in total. The Hall–Kier alpha value is -3.20. The summed E-state index contributed by atoms with van der Waals surface area (Å²) < 4.78 is 3.42. The van der Waals surface area contributed by atoms with Gasteiger partial charge in [-0.05, 0) is 30.9 Å². The SMILES string of the molecule is Cc1nn(-c2ccccc2)c(C)c1CN(C)c1nc2sccn2c1[N+](=O)[O-]. The number of aromatic nitrogens is 4. The van der Waals surface area contributed by atoms with E-state index in [1.54, 1.807) is 11.6 Å². The van der Waals surface area contributed by atoms with Crippen LogP contribution in [0.4, 0.5) is 11.6 Å². The van der Waals surface area contributed by atoms with Crippen LogP contribution in [0, 0.1) is 24.0 Å². The summed E-state index contributed by atoms with van der Waals surface area (Å²) in [5.41, 5.74) is 3.92. The van der Waals surface area contributed by atoms with E-state index >= 15 is 0 Å². The molecule has 0 unspecified atom stereocenters. The lowest BCUT2D eigenvalue weighted by atomic mass is 10.2. The Kier molecular flexibility index (Phi) is 4.15. The van der Waals surface area contributed by atoms with Crippen molar-refractivity contribution in [3.05, 3.63) is 69.0 Å². The number of anilines is 1. The van der Waals surface area contributed by atoms with Crippen molar-refractivity contribution < 1.29 is 4.92 Å². The Balaban J connectivity index is 1.71. The summed E-state index contributed by atoms with van der Waals surface area (Å²) in [5, 5.41) is 18.0. The molecular weight excluding hydrogens is 364 g/mol. The van der Waals surface area contributed by atoms with Gasteiger partial charge in [0, 0.05) is 30.2 Å². The van der Waals surface area contributed by atoms with E-state index in [-0.39, 0.29) is 10.7 Å². The quantitative estimate of drug-likeness (QED) is 0.388. The third-order valence-corrected chi connectivity index (χ3v) is 5.35. The first-order chi connectivity index (χ1) is 13.0. The van der Waals surface area contributed by atoms with Crippen LogP contribution in [0.1, 0.15) is 17.0 Å². The van der Waals surface area contributed by atoms with Crippen LogP contribution in [-0.4, -0.2) is 31.1 Å². The van der Waals surface area contributed by atoms with Gasteiger partial charge in [-0.15, -0.1) is 0 Å². The molecule has 3 heterocycles. The highest BCUT2D eigenvalue weighted by atomic mass is 32.1. The summed E-state index contributed by atoms with van der Waals surface area (Å²) >= 11 is 1.38. The molecule has 0 aliphatic heterocycles. The fourth-order valence-corrected chi connectivity index (χ4v) is 3.93. The molecule has 8 nitrogen and oxygen atoms in total. The van der Waals surface area contributed by atoms with Crippen LogP contribution in [0.15, 0.2) is 41.9 Å². The average Bonchev–Trinajstić information content (AvgIpc) is 3.31. The van der Waals surface area contributed by atoms with Gasteiger partial charge in [0.25, 0.3) is 4.96 Å². The van der Waals surface area contributed by atoms with Crippen LogP contribution in [-0.2, 0) is 6.54 Å². The molecule has 27 heavy (non-hydrogen) atoms. The zero-order chi connectivity index (χ0) is 19.1. The summed E-state index contributed by atoms with van der Waals surface area (Å²) in [7, 11) is 1.82. The van der Waals surface area contributed by atoms with E-state index in [0.29, 0.717) is 17.3 Å². The van der Waals surface area contributed by atoms with Crippen molar-refractivity contribution >= 4 is 27.9 Å². The zero-order valence-electron chi connectivity index (χ0n) is 15.2. The predicted octanol–water partition coefficient (Wildman–Crippen LogP) is 3.74. The Bertz CT molecular complexity index is 1130. The van der Waals surface area contributed by atoms with Gasteiger partial charge in [-0.25, -0.2) is 4.68 Å². The maximum absolute atomic E-state index is 11.6. The number of nitro groups is 1. The molecular formula is C18H18N6O2S. The molecule has 0 saturated carbocycles. The standard InChI is InChI=1S/C18H18N6O2S/c1-12-15(13(2)23(20-12)14-7-5-4-6-8-14)11-21(3)16-17(24(25)26)22-9-10-27-18(22)19-16/h4-10H,11H2,1-3H3. The first kappa shape index (κ1) is 17.2. The molecule has 3 aromatic heterocycles. The van der Waals surface area contributed by atoms with Crippen molar-refractivity contribution in [3.8, 4) is 5.69 Å². The van der Waals surface area contributed by atoms with Crippen LogP contribution < -0.4 is 4.90 Å². The number of thiazole rings is 1. The maximum Gasteiger partial charge on any atom is 0.373 e. The summed E-state index contributed by atoms with van der Waals surface area (Å²) in [6.07, 6.45) is 1.67. The number of para-hydroxylation sites is 1. The van der Waals surface area contributed by atoms with E-state index in [4.69, 9.17) is 0 Å². The second-order valence-corrected chi connectivity index (χ2v) is 7.20. The maximum atomic E-state index is 11.6. The van der Waals surface area contributed by atoms with Gasteiger partial charge in [-0.1, -0.05) is 29.5 Å². The normalized spacial score (nSPS) is 11.2. The summed E-state index contributed by atoms with van der Waals surface area (Å²) in [4.78, 5) is 18.1. The molecule has 4 rings (SSSR count). The summed E-state index contributed by atoms with van der Waals surface area (Å²) in [6.45, 7) is 4.45. The topological polar surface area (TPSA) is 81.5 Å². The highest BCUT2D eigenvalue weighted by molar-refractivity contribution is 7.15. The Labute approximate surface area is 159 Å². The van der Waals surface area contributed by atoms with Gasteiger partial charge in [0.2, 0.25) is 5.82 Å². The van der Waals surface area contributed by atoms with Gasteiger partial charge in [-0.3, -0.25) is 0 Å². The molecule has 0 bridgehead atoms. The largest absolute Gasteiger partial charge is 0.373 e. The Morgan fingerprint density at radius 3 is 2.70 bits per heavy atom. The molecule has 0 aliphatic carbocycles. The van der Waals surface area contributed by atoms with Crippen LogP contribution in [0.3, 0.4) is 0 Å². The van der Waals surface area contributed by atoms with Crippen LogP contribution in [0.25, 0.3) is 10.6 Å². The molecule has 0 aliphatic rings. The van der Waals surface area contributed by atoms with E-state index in [9.17, 15) is 10.1 Å². The Morgan fingerprint density at radius 2 is 2.00 bits per heavy atom. The van der Waals surface area contributed by atoms with Gasteiger partial charge in [0.1, 0.15) is 6.20 Å². The minimum Gasteiger partial charge on any atom is -0.358 e. The second kappa shape index (κ2) is 6.51. The molecule has 1 aromatic carbocycles. The summed E-state index contributed by atoms with van der Waals surface area (Å²) in [5.74, 6) is 0.345. The number of aryl methyl sites for hydroxylation is 1. The lowest BCUT2D eigenvalue weighted by Gasteiger charge is -2.16. The van der Waals surface area contributed by atoms with Crippen LogP contribution >= 0.6 is 11.3 Å². The van der Waals surface area contributed by atoms with Crippen molar-refractivity contribution in [2.75, 3.05) is 11.9 Å². The number of fused-ring (bicyclic) bond motifs is 1. The molecule has 4 aromatic rings. The van der Waals surface area contributed by atoms with Crippen molar-refractivity contribution in [1.29, 1.82) is 0 Å². The number of nitrogens with zero attached hydrogens (tertiary/aromatic N) is 6. The average molecular weight is 382 g/mol. The van der Waals surface area contributed by atoms with E-state index in [1.807, 2.05) is 60.8 Å². The number of hydrogen-bond donors (Lipinski definition) is 0. The minimum absolute atomic E-state index is 0.0143. The highest BCUT2D eigenvalue weighted by Gasteiger charge is 2.27. The fraction of sp³-hybridized carbons (Fsp3) is 0.222. The van der Waals surface area contributed by atoms with Gasteiger partial charge < -0.3 is 15.0 Å². The monoisotopic (exact) mass is 382 g/mol. The fourth-order valence-electron chi connectivity index (χ4n) is 3.22. The number of benzene rings is 1. The van der Waals surface area contributed by atoms with Crippen molar-refractivity contribution in [1.82, 2.24) is 19.2 Å². The molecule has 0 atom stereocenters. The second-order valence-electron chi connectivity index (χ2n) is 6.32. The molecule has 0 amide bonds. The van der Waals surface area contributed by atoms with Gasteiger partial charge in [-0.2, -0.15) is 14.5 Å². The number of imidazole rings is 1. The zero-order valence-corrected chi connectivity index (χ0v) is 16.0.